The first-order valence-electron chi connectivity index (χ1n) is 13.7. The molecule has 1 saturated heterocycles. The number of rotatable bonds is 6. The minimum Gasteiger partial charge on any atom is -0.449 e. The summed E-state index contributed by atoms with van der Waals surface area (Å²) in [5, 5.41) is 3.97. The molecule has 202 valence electrons. The van der Waals surface area contributed by atoms with Gasteiger partial charge in [0.15, 0.2) is 0 Å². The number of para-hydroxylation sites is 1. The zero-order valence-corrected chi connectivity index (χ0v) is 23.3. The van der Waals surface area contributed by atoms with Crippen LogP contribution in [0, 0.1) is 0 Å². The third-order valence-corrected chi connectivity index (χ3v) is 8.30. The van der Waals surface area contributed by atoms with Gasteiger partial charge in [-0.1, -0.05) is 72.8 Å². The third-order valence-electron chi connectivity index (χ3n) is 8.30. The lowest BCUT2D eigenvalue weighted by molar-refractivity contribution is 0.00578. The van der Waals surface area contributed by atoms with Crippen molar-refractivity contribution < 1.29 is 18.8 Å². The van der Waals surface area contributed by atoms with Gasteiger partial charge >= 0.3 is 13.2 Å². The van der Waals surface area contributed by atoms with Crippen molar-refractivity contribution in [2.75, 3.05) is 13.2 Å². The lowest BCUT2D eigenvalue weighted by Crippen LogP contribution is -2.41. The van der Waals surface area contributed by atoms with E-state index in [-0.39, 0.29) is 19.1 Å². The Kier molecular flexibility index (Phi) is 6.73. The number of aromatic nitrogens is 1. The first kappa shape index (κ1) is 26.3. The maximum atomic E-state index is 13.0. The number of benzene rings is 3. The number of carbonyl (C=O) groups excluding carboxylic acids is 1. The van der Waals surface area contributed by atoms with Gasteiger partial charge in [-0.3, -0.25) is 4.98 Å². The molecule has 0 unspecified atom stereocenters. The molecule has 1 N–H and O–H groups in total. The number of amides is 1. The minimum atomic E-state index is -0.620. The first-order valence-corrected chi connectivity index (χ1v) is 13.7. The molecule has 1 amide bonds. The van der Waals surface area contributed by atoms with Gasteiger partial charge in [0.2, 0.25) is 0 Å². The molecular weight excluding hydrogens is 499 g/mol. The molecular formula is C33H33BN2O4. The molecule has 1 aliphatic carbocycles. The minimum absolute atomic E-state index is 0.0000613. The monoisotopic (exact) mass is 532 g/mol. The van der Waals surface area contributed by atoms with Crippen LogP contribution in [0.1, 0.15) is 50.3 Å². The highest BCUT2D eigenvalue weighted by Crippen LogP contribution is 2.44. The van der Waals surface area contributed by atoms with Crippen molar-refractivity contribution in [3.63, 3.8) is 0 Å². The molecule has 6 nitrogen and oxygen atoms in total. The Morgan fingerprint density at radius 3 is 2.20 bits per heavy atom. The number of hydrogen-bond acceptors (Lipinski definition) is 5. The van der Waals surface area contributed by atoms with E-state index in [0.29, 0.717) is 0 Å². The molecule has 1 aromatic heterocycles. The number of fused-ring (bicyclic) bond motifs is 4. The predicted molar refractivity (Wildman–Crippen MR) is 159 cm³/mol. The lowest BCUT2D eigenvalue weighted by Gasteiger charge is -2.32. The van der Waals surface area contributed by atoms with Crippen molar-refractivity contribution in [3.05, 3.63) is 107 Å². The molecule has 2 aliphatic rings. The molecule has 40 heavy (non-hydrogen) atoms. The Morgan fingerprint density at radius 1 is 0.925 bits per heavy atom. The standard InChI is InChI=1S/C33H33BN2O4/c1-32(2)33(3,4)40-34(39-32)24(18-22-17-23-11-5-10-16-30(23)35-19-22)20-36-31(37)38-21-29-27-14-8-6-12-25(27)26-13-7-9-15-28(26)29/h5-19,29H,20-21H2,1-4H3,(H,36,37). The second kappa shape index (κ2) is 10.2. The number of carbonyl (C=O) groups is 1. The van der Waals surface area contributed by atoms with Crippen LogP contribution in [0.4, 0.5) is 4.79 Å². The molecule has 0 bridgehead atoms. The van der Waals surface area contributed by atoms with E-state index in [9.17, 15) is 4.79 Å². The van der Waals surface area contributed by atoms with Gasteiger partial charge in [-0.25, -0.2) is 4.79 Å². The SMILES string of the molecule is CC1(C)OB(C(=Cc2cnc3ccccc3c2)CNC(=O)OCC2c3ccccc3-c3ccccc32)OC1(C)C. The third kappa shape index (κ3) is 4.91. The van der Waals surface area contributed by atoms with Crippen LogP contribution in [0.15, 0.2) is 90.5 Å². The number of pyridine rings is 1. The van der Waals surface area contributed by atoms with Crippen LogP contribution >= 0.6 is 0 Å². The second-order valence-electron chi connectivity index (χ2n) is 11.4. The van der Waals surface area contributed by atoms with Gasteiger partial charge in [0.1, 0.15) is 6.61 Å². The van der Waals surface area contributed by atoms with E-state index in [0.717, 1.165) is 21.9 Å². The van der Waals surface area contributed by atoms with Crippen LogP contribution in [0.5, 0.6) is 0 Å². The summed E-state index contributed by atoms with van der Waals surface area (Å²) in [6, 6.07) is 26.7. The summed E-state index contributed by atoms with van der Waals surface area (Å²) in [7, 11) is -0.620. The Hall–Kier alpha value is -3.94. The maximum absolute atomic E-state index is 13.0. The fraction of sp³-hybridized carbons (Fsp3) is 0.273. The smallest absolute Gasteiger partial charge is 0.449 e. The fourth-order valence-corrected chi connectivity index (χ4v) is 5.40. The summed E-state index contributed by atoms with van der Waals surface area (Å²) in [4.78, 5) is 17.6. The average Bonchev–Trinajstić information content (AvgIpc) is 3.38. The first-order chi connectivity index (χ1) is 19.2. The normalized spacial score (nSPS) is 17.5. The zero-order chi connectivity index (χ0) is 27.9. The number of ether oxygens (including phenoxy) is 1. The molecule has 4 aromatic rings. The number of hydrogen-bond donors (Lipinski definition) is 1. The van der Waals surface area contributed by atoms with E-state index in [2.05, 4.69) is 40.6 Å². The van der Waals surface area contributed by atoms with Gasteiger partial charge in [-0.05, 0) is 73.1 Å². The topological polar surface area (TPSA) is 69.7 Å². The number of nitrogens with zero attached hydrogens (tertiary/aromatic N) is 1. The highest BCUT2D eigenvalue weighted by Gasteiger charge is 2.52. The van der Waals surface area contributed by atoms with E-state index in [1.54, 1.807) is 0 Å². The van der Waals surface area contributed by atoms with Crippen molar-refractivity contribution in [1.82, 2.24) is 10.3 Å². The van der Waals surface area contributed by atoms with Crippen molar-refractivity contribution in [1.29, 1.82) is 0 Å². The van der Waals surface area contributed by atoms with Crippen LogP contribution in [0.25, 0.3) is 28.1 Å². The Balaban J connectivity index is 1.19. The molecule has 0 saturated carbocycles. The van der Waals surface area contributed by atoms with Crippen molar-refractivity contribution >= 4 is 30.2 Å². The molecule has 6 rings (SSSR count). The van der Waals surface area contributed by atoms with E-state index in [4.69, 9.17) is 14.0 Å². The van der Waals surface area contributed by atoms with Gasteiger partial charge < -0.3 is 19.4 Å². The van der Waals surface area contributed by atoms with Crippen LogP contribution in [-0.2, 0) is 14.0 Å². The highest BCUT2D eigenvalue weighted by atomic mass is 16.7. The molecule has 1 fully saturated rings. The number of nitrogens with one attached hydrogen (secondary N) is 1. The average molecular weight is 532 g/mol. The van der Waals surface area contributed by atoms with Crippen molar-refractivity contribution in [3.8, 4) is 11.1 Å². The largest absolute Gasteiger partial charge is 0.492 e. The summed E-state index contributed by atoms with van der Waals surface area (Å²) in [5.41, 5.74) is 6.33. The summed E-state index contributed by atoms with van der Waals surface area (Å²) in [6.07, 6.45) is 3.31. The van der Waals surface area contributed by atoms with Gasteiger partial charge in [-0.2, -0.15) is 0 Å². The Bertz CT molecular complexity index is 1550. The highest BCUT2D eigenvalue weighted by molar-refractivity contribution is 6.56. The molecule has 3 aromatic carbocycles. The van der Waals surface area contributed by atoms with Gasteiger partial charge in [-0.15, -0.1) is 0 Å². The van der Waals surface area contributed by atoms with E-state index in [1.807, 2.05) is 88.5 Å². The van der Waals surface area contributed by atoms with Crippen molar-refractivity contribution in [2.45, 2.75) is 44.8 Å². The molecule has 2 heterocycles. The summed E-state index contributed by atoms with van der Waals surface area (Å²) in [6.45, 7) is 8.52. The number of alkyl carbamates (subject to hydrolysis) is 1. The molecule has 0 radical (unpaired) electrons. The van der Waals surface area contributed by atoms with Gasteiger partial charge in [0.05, 0.1) is 16.7 Å². The summed E-state index contributed by atoms with van der Waals surface area (Å²) in [5.74, 6) is -0.0000613. The summed E-state index contributed by atoms with van der Waals surface area (Å²) >= 11 is 0. The van der Waals surface area contributed by atoms with Crippen LogP contribution in [0.3, 0.4) is 0 Å². The Labute approximate surface area is 235 Å². The van der Waals surface area contributed by atoms with E-state index < -0.39 is 24.4 Å². The predicted octanol–water partition coefficient (Wildman–Crippen LogP) is 6.79. The molecule has 1 aliphatic heterocycles. The zero-order valence-electron chi connectivity index (χ0n) is 23.3. The van der Waals surface area contributed by atoms with Crippen LogP contribution < -0.4 is 5.32 Å². The molecule has 7 heteroatoms. The van der Waals surface area contributed by atoms with Crippen LogP contribution in [0.2, 0.25) is 0 Å². The summed E-state index contributed by atoms with van der Waals surface area (Å²) < 4.78 is 18.4. The maximum Gasteiger partial charge on any atom is 0.492 e. The Morgan fingerprint density at radius 2 is 1.52 bits per heavy atom. The van der Waals surface area contributed by atoms with E-state index >= 15 is 0 Å². The molecule has 0 atom stereocenters. The lowest BCUT2D eigenvalue weighted by atomic mass is 9.77. The van der Waals surface area contributed by atoms with Crippen molar-refractivity contribution in [2.24, 2.45) is 0 Å². The second-order valence-corrected chi connectivity index (χ2v) is 11.4. The fourth-order valence-electron chi connectivity index (χ4n) is 5.40. The van der Waals surface area contributed by atoms with E-state index in [1.165, 1.54) is 22.3 Å². The molecule has 0 spiro atoms. The quantitative estimate of drug-likeness (QED) is 0.277. The van der Waals surface area contributed by atoms with Crippen LogP contribution in [-0.4, -0.2) is 42.5 Å². The van der Waals surface area contributed by atoms with Gasteiger partial charge in [0, 0.05) is 24.0 Å². The van der Waals surface area contributed by atoms with Gasteiger partial charge in [0.25, 0.3) is 0 Å².